The lowest BCUT2D eigenvalue weighted by atomic mass is 9.89. The summed E-state index contributed by atoms with van der Waals surface area (Å²) in [6, 6.07) is 28.8. The summed E-state index contributed by atoms with van der Waals surface area (Å²) in [7, 11) is 0. The van der Waals surface area contributed by atoms with Gasteiger partial charge in [0.1, 0.15) is 12.2 Å². The van der Waals surface area contributed by atoms with Crippen LogP contribution in [0.4, 0.5) is 4.79 Å². The Morgan fingerprint density at radius 2 is 1.50 bits per heavy atom. The number of hydrogen-bond acceptors (Lipinski definition) is 4. The van der Waals surface area contributed by atoms with Crippen LogP contribution in [0, 0.1) is 18.3 Å². The highest BCUT2D eigenvalue weighted by molar-refractivity contribution is 5.91. The van der Waals surface area contributed by atoms with Crippen molar-refractivity contribution in [2.45, 2.75) is 38.5 Å². The van der Waals surface area contributed by atoms with Gasteiger partial charge in [-0.05, 0) is 22.6 Å². The third-order valence-corrected chi connectivity index (χ3v) is 7.97. The van der Waals surface area contributed by atoms with E-state index in [1.54, 1.807) is 14.9 Å². The van der Waals surface area contributed by atoms with Gasteiger partial charge in [0.2, 0.25) is 11.8 Å². The second kappa shape index (κ2) is 12.9. The summed E-state index contributed by atoms with van der Waals surface area (Å²) in [5, 5.41) is 6.17. The molecule has 0 saturated carbocycles. The molecule has 8 heteroatoms. The molecule has 0 radical (unpaired) electrons. The normalized spacial score (nSPS) is 19.2. The van der Waals surface area contributed by atoms with Gasteiger partial charge < -0.3 is 15.1 Å². The van der Waals surface area contributed by atoms with Crippen LogP contribution in [0.3, 0.4) is 0 Å². The van der Waals surface area contributed by atoms with Gasteiger partial charge in [-0.3, -0.25) is 9.59 Å². The molecule has 2 aliphatic heterocycles. The lowest BCUT2D eigenvalue weighted by molar-refractivity contribution is -0.191. The molecule has 216 valence electrons. The molecule has 2 heterocycles. The number of carbonyl (C=O) groups excluding carboxylic acids is 3. The lowest BCUT2D eigenvalue weighted by Crippen LogP contribution is -2.77. The van der Waals surface area contributed by atoms with E-state index in [-0.39, 0.29) is 49.3 Å². The zero-order chi connectivity index (χ0) is 29.6. The Morgan fingerprint density at radius 1 is 0.929 bits per heavy atom. The van der Waals surface area contributed by atoms with E-state index < -0.39 is 12.2 Å². The molecule has 0 aromatic heterocycles. The van der Waals surface area contributed by atoms with Gasteiger partial charge in [-0.25, -0.2) is 9.80 Å². The molecule has 2 aliphatic rings. The highest BCUT2D eigenvalue weighted by Crippen LogP contribution is 2.33. The SMILES string of the molecule is C#CCN1CC(=O)N2[C@@H](C(C)C)C(=O)N(CC(c3ccccc3)c3ccccc3)C[C@@H]2N1C(=O)NCc1ccccc1. The van der Waals surface area contributed by atoms with E-state index in [1.165, 1.54) is 0 Å². The van der Waals surface area contributed by atoms with E-state index in [0.29, 0.717) is 13.1 Å². The molecule has 0 aliphatic carbocycles. The molecular formula is C34H37N5O3. The van der Waals surface area contributed by atoms with Crippen LogP contribution in [0.25, 0.3) is 0 Å². The van der Waals surface area contributed by atoms with Crippen LogP contribution >= 0.6 is 0 Å². The summed E-state index contributed by atoms with van der Waals surface area (Å²) >= 11 is 0. The maximum atomic E-state index is 14.1. The van der Waals surface area contributed by atoms with Crippen LogP contribution in [-0.2, 0) is 16.1 Å². The molecule has 5 rings (SSSR count). The predicted molar refractivity (Wildman–Crippen MR) is 161 cm³/mol. The van der Waals surface area contributed by atoms with E-state index in [2.05, 4.69) is 35.5 Å². The summed E-state index contributed by atoms with van der Waals surface area (Å²) in [5.41, 5.74) is 3.13. The van der Waals surface area contributed by atoms with Crippen molar-refractivity contribution in [2.24, 2.45) is 5.92 Å². The predicted octanol–water partition coefficient (Wildman–Crippen LogP) is 3.92. The smallest absolute Gasteiger partial charge is 0.334 e. The number of benzene rings is 3. The molecule has 0 unspecified atom stereocenters. The van der Waals surface area contributed by atoms with Gasteiger partial charge in [-0.15, -0.1) is 6.42 Å². The Balaban J connectivity index is 1.49. The van der Waals surface area contributed by atoms with Crippen LogP contribution in [0.5, 0.6) is 0 Å². The third kappa shape index (κ3) is 6.02. The van der Waals surface area contributed by atoms with Gasteiger partial charge in [0.25, 0.3) is 0 Å². The van der Waals surface area contributed by atoms with Crippen molar-refractivity contribution in [3.05, 3.63) is 108 Å². The van der Waals surface area contributed by atoms with Crippen LogP contribution in [0.15, 0.2) is 91.0 Å². The topological polar surface area (TPSA) is 76.2 Å². The summed E-state index contributed by atoms with van der Waals surface area (Å²) < 4.78 is 0. The Morgan fingerprint density at radius 3 is 2.05 bits per heavy atom. The van der Waals surface area contributed by atoms with Gasteiger partial charge in [0, 0.05) is 19.0 Å². The summed E-state index contributed by atoms with van der Waals surface area (Å²) in [4.78, 5) is 44.9. The van der Waals surface area contributed by atoms with Gasteiger partial charge in [-0.1, -0.05) is 111 Å². The second-order valence-corrected chi connectivity index (χ2v) is 11.1. The quantitative estimate of drug-likeness (QED) is 0.422. The first kappa shape index (κ1) is 28.9. The average Bonchev–Trinajstić information content (AvgIpc) is 3.00. The van der Waals surface area contributed by atoms with Gasteiger partial charge >= 0.3 is 6.03 Å². The monoisotopic (exact) mass is 563 g/mol. The molecule has 0 spiro atoms. The minimum Gasteiger partial charge on any atom is -0.336 e. The Bertz CT molecular complexity index is 1380. The lowest BCUT2D eigenvalue weighted by Gasteiger charge is -2.56. The molecule has 8 nitrogen and oxygen atoms in total. The van der Waals surface area contributed by atoms with E-state index in [9.17, 15) is 14.4 Å². The number of piperazine rings is 1. The maximum absolute atomic E-state index is 14.1. The summed E-state index contributed by atoms with van der Waals surface area (Å²) in [5.74, 6) is 2.03. The fourth-order valence-electron chi connectivity index (χ4n) is 6.01. The van der Waals surface area contributed by atoms with Crippen LogP contribution in [0.2, 0.25) is 0 Å². The minimum absolute atomic E-state index is 0.0768. The number of urea groups is 1. The van der Waals surface area contributed by atoms with Gasteiger partial charge in [0.15, 0.2) is 0 Å². The number of hydrogen-bond donors (Lipinski definition) is 1. The molecule has 2 saturated heterocycles. The Hall–Kier alpha value is -4.61. The number of fused-ring (bicyclic) bond motifs is 1. The van der Waals surface area contributed by atoms with E-state index >= 15 is 0 Å². The van der Waals surface area contributed by atoms with Crippen LogP contribution in [-0.4, -0.2) is 76.0 Å². The number of amides is 4. The minimum atomic E-state index is -0.708. The fourth-order valence-corrected chi connectivity index (χ4v) is 6.01. The summed E-state index contributed by atoms with van der Waals surface area (Å²) in [6.07, 6.45) is 4.98. The molecule has 42 heavy (non-hydrogen) atoms. The largest absolute Gasteiger partial charge is 0.336 e. The third-order valence-electron chi connectivity index (χ3n) is 7.97. The van der Waals surface area contributed by atoms with Gasteiger partial charge in [0.05, 0.1) is 19.6 Å². The zero-order valence-corrected chi connectivity index (χ0v) is 24.1. The first-order chi connectivity index (χ1) is 20.4. The van der Waals surface area contributed by atoms with E-state index in [1.807, 2.05) is 85.5 Å². The van der Waals surface area contributed by atoms with Crippen molar-refractivity contribution < 1.29 is 14.4 Å². The molecule has 2 fully saturated rings. The number of nitrogens with zero attached hydrogens (tertiary/aromatic N) is 4. The van der Waals surface area contributed by atoms with Crippen molar-refractivity contribution in [1.82, 2.24) is 25.1 Å². The Labute approximate surface area is 247 Å². The maximum Gasteiger partial charge on any atom is 0.334 e. The highest BCUT2D eigenvalue weighted by atomic mass is 16.2. The highest BCUT2D eigenvalue weighted by Gasteiger charge is 2.52. The molecule has 4 amide bonds. The van der Waals surface area contributed by atoms with E-state index in [0.717, 1.165) is 16.7 Å². The first-order valence-corrected chi connectivity index (χ1v) is 14.4. The molecule has 1 N–H and O–H groups in total. The van der Waals surface area contributed by atoms with Crippen LogP contribution in [0.1, 0.15) is 36.5 Å². The summed E-state index contributed by atoms with van der Waals surface area (Å²) in [6.45, 7) is 4.79. The first-order valence-electron chi connectivity index (χ1n) is 14.4. The average molecular weight is 564 g/mol. The Kier molecular flexibility index (Phi) is 8.89. The number of hydrazine groups is 1. The molecule has 3 aromatic carbocycles. The number of carbonyl (C=O) groups is 3. The molecule has 3 aromatic rings. The standard InChI is InChI=1S/C34H37N5O3/c1-4-20-37-24-31(40)38-30(39(37)34(42)35-21-26-14-8-5-9-15-26)23-36(33(41)32(38)25(2)3)22-29(27-16-10-6-11-17-27)28-18-12-7-13-19-28/h1,5-19,25,29-30,32H,20-24H2,2-3H3,(H,35,42)/t30-,32-/m0/s1. The van der Waals surface area contributed by atoms with Crippen molar-refractivity contribution >= 4 is 17.8 Å². The van der Waals surface area contributed by atoms with Crippen molar-refractivity contribution in [3.63, 3.8) is 0 Å². The van der Waals surface area contributed by atoms with E-state index in [4.69, 9.17) is 6.42 Å². The second-order valence-electron chi connectivity index (χ2n) is 11.1. The molecular weight excluding hydrogens is 526 g/mol. The fraction of sp³-hybridized carbons (Fsp3) is 0.324. The van der Waals surface area contributed by atoms with Crippen molar-refractivity contribution in [3.8, 4) is 12.3 Å². The van der Waals surface area contributed by atoms with Crippen LogP contribution < -0.4 is 5.32 Å². The van der Waals surface area contributed by atoms with Crippen molar-refractivity contribution in [1.29, 1.82) is 0 Å². The number of terminal acetylenes is 1. The molecule has 0 bridgehead atoms. The number of nitrogens with one attached hydrogen (secondary N) is 1. The number of rotatable bonds is 8. The molecule has 2 atom stereocenters. The van der Waals surface area contributed by atoms with Crippen molar-refractivity contribution in [2.75, 3.05) is 26.2 Å². The zero-order valence-electron chi connectivity index (χ0n) is 24.1. The van der Waals surface area contributed by atoms with Gasteiger partial charge in [-0.2, -0.15) is 5.01 Å².